The van der Waals surface area contributed by atoms with E-state index < -0.39 is 0 Å². The van der Waals surface area contributed by atoms with Crippen molar-refractivity contribution in [3.63, 3.8) is 0 Å². The first-order valence-corrected chi connectivity index (χ1v) is 16.0. The van der Waals surface area contributed by atoms with Crippen LogP contribution in [0.1, 0.15) is 0 Å². The van der Waals surface area contributed by atoms with E-state index in [0.29, 0.717) is 0 Å². The topological polar surface area (TPSA) is 0 Å². The predicted octanol–water partition coefficient (Wildman–Crippen LogP) is 13.0. The second kappa shape index (κ2) is 9.76. The first-order chi connectivity index (χ1) is 22.8. The summed E-state index contributed by atoms with van der Waals surface area (Å²) in [6.07, 6.45) is 0. The second-order valence-corrected chi connectivity index (χ2v) is 12.5. The zero-order chi connectivity index (χ0) is 30.2. The molecular weight excluding hydrogens is 553 g/mol. The molecule has 0 saturated carbocycles. The van der Waals surface area contributed by atoms with Crippen LogP contribution in [0.3, 0.4) is 0 Å². The van der Waals surface area contributed by atoms with Crippen molar-refractivity contribution in [1.29, 1.82) is 0 Å². The molecule has 0 nitrogen and oxygen atoms in total. The molecule has 0 bridgehead atoms. The van der Waals surface area contributed by atoms with Gasteiger partial charge < -0.3 is 0 Å². The van der Waals surface area contributed by atoms with Gasteiger partial charge in [0.25, 0.3) is 0 Å². The lowest BCUT2D eigenvalue weighted by atomic mass is 9.83. The maximum Gasteiger partial charge on any atom is -0.00141 e. The maximum absolute atomic E-state index is 2.45. The zero-order valence-electron chi connectivity index (χ0n) is 25.2. The molecule has 0 aliphatic carbocycles. The van der Waals surface area contributed by atoms with Gasteiger partial charge in [0.05, 0.1) is 0 Å². The van der Waals surface area contributed by atoms with Crippen LogP contribution in [0.15, 0.2) is 170 Å². The molecule has 10 rings (SSSR count). The van der Waals surface area contributed by atoms with Crippen LogP contribution in [0.5, 0.6) is 0 Å². The number of fused-ring (bicyclic) bond motifs is 3. The molecule has 46 heavy (non-hydrogen) atoms. The average Bonchev–Trinajstić information content (AvgIpc) is 3.13. The van der Waals surface area contributed by atoms with Crippen LogP contribution in [0.4, 0.5) is 0 Å². The Kier molecular flexibility index (Phi) is 5.38. The van der Waals surface area contributed by atoms with Gasteiger partial charge in [-0.3, -0.25) is 0 Å². The lowest BCUT2D eigenvalue weighted by molar-refractivity contribution is 1.67. The van der Waals surface area contributed by atoms with Crippen LogP contribution in [-0.4, -0.2) is 0 Å². The van der Waals surface area contributed by atoms with E-state index in [1.807, 2.05) is 0 Å². The normalized spacial score (nSPS) is 11.9. The first kappa shape index (κ1) is 25.4. The monoisotopic (exact) mass is 580 g/mol. The SMILES string of the molecule is c1ccc2cc(-c3ccc4ccc5c(-c6cccc7ccccc67)ccc6c(-c7ccc8ccccc8c7)cc3c4c65)ccc2c1. The minimum absolute atomic E-state index is 1.24. The smallest absolute Gasteiger partial charge is 0.00141 e. The predicted molar refractivity (Wildman–Crippen MR) is 199 cm³/mol. The Morgan fingerprint density at radius 2 is 0.739 bits per heavy atom. The molecule has 212 valence electrons. The van der Waals surface area contributed by atoms with Crippen molar-refractivity contribution >= 4 is 64.6 Å². The number of hydrogen-bond acceptors (Lipinski definition) is 0. The van der Waals surface area contributed by atoms with Crippen LogP contribution in [0.2, 0.25) is 0 Å². The average molecular weight is 581 g/mol. The fourth-order valence-corrected chi connectivity index (χ4v) is 7.79. The van der Waals surface area contributed by atoms with Gasteiger partial charge in [0.1, 0.15) is 0 Å². The van der Waals surface area contributed by atoms with Gasteiger partial charge in [-0.15, -0.1) is 0 Å². The Morgan fingerprint density at radius 1 is 0.217 bits per heavy atom. The van der Waals surface area contributed by atoms with E-state index in [1.54, 1.807) is 0 Å². The summed E-state index contributed by atoms with van der Waals surface area (Å²) >= 11 is 0. The molecule has 10 aromatic carbocycles. The lowest BCUT2D eigenvalue weighted by Crippen LogP contribution is -1.93. The van der Waals surface area contributed by atoms with E-state index in [4.69, 9.17) is 0 Å². The van der Waals surface area contributed by atoms with Gasteiger partial charge in [0.15, 0.2) is 0 Å². The van der Waals surface area contributed by atoms with E-state index in [1.165, 1.54) is 98.0 Å². The van der Waals surface area contributed by atoms with Gasteiger partial charge in [-0.2, -0.15) is 0 Å². The molecule has 10 aromatic rings. The summed E-state index contributed by atoms with van der Waals surface area (Å²) in [6, 6.07) is 63.0. The van der Waals surface area contributed by atoms with Crippen molar-refractivity contribution < 1.29 is 0 Å². The van der Waals surface area contributed by atoms with Gasteiger partial charge in [0.2, 0.25) is 0 Å². The molecule has 0 heteroatoms. The molecule has 0 N–H and O–H groups in total. The van der Waals surface area contributed by atoms with Crippen LogP contribution >= 0.6 is 0 Å². The molecule has 0 fully saturated rings. The summed E-state index contributed by atoms with van der Waals surface area (Å²) in [7, 11) is 0. The summed E-state index contributed by atoms with van der Waals surface area (Å²) in [5, 5.41) is 15.4. The van der Waals surface area contributed by atoms with Gasteiger partial charge in [-0.05, 0) is 116 Å². The molecule has 0 aliphatic rings. The molecule has 0 spiro atoms. The highest BCUT2D eigenvalue weighted by molar-refractivity contribution is 6.31. The highest BCUT2D eigenvalue weighted by atomic mass is 14.2. The highest BCUT2D eigenvalue weighted by Gasteiger charge is 2.19. The van der Waals surface area contributed by atoms with Crippen LogP contribution in [0.25, 0.3) is 98.0 Å². The fourth-order valence-electron chi connectivity index (χ4n) is 7.79. The molecule has 0 heterocycles. The fraction of sp³-hybridized carbons (Fsp3) is 0. The summed E-state index contributed by atoms with van der Waals surface area (Å²) in [5.41, 5.74) is 7.58. The Balaban J connectivity index is 1.35. The molecule has 0 aliphatic heterocycles. The van der Waals surface area contributed by atoms with Gasteiger partial charge >= 0.3 is 0 Å². The molecule has 0 aromatic heterocycles. The molecule has 0 atom stereocenters. The van der Waals surface area contributed by atoms with Crippen molar-refractivity contribution in [2.24, 2.45) is 0 Å². The van der Waals surface area contributed by atoms with Gasteiger partial charge in [-0.1, -0.05) is 152 Å². The summed E-state index contributed by atoms with van der Waals surface area (Å²) in [6.45, 7) is 0. The minimum Gasteiger partial charge on any atom is -0.0616 e. The Morgan fingerprint density at radius 3 is 1.50 bits per heavy atom. The van der Waals surface area contributed by atoms with E-state index in [2.05, 4.69) is 170 Å². The van der Waals surface area contributed by atoms with Gasteiger partial charge in [-0.25, -0.2) is 0 Å². The van der Waals surface area contributed by atoms with E-state index in [-0.39, 0.29) is 0 Å². The van der Waals surface area contributed by atoms with Crippen molar-refractivity contribution in [1.82, 2.24) is 0 Å². The molecular formula is C46H28. The third-order valence-corrected chi connectivity index (χ3v) is 9.98. The third kappa shape index (κ3) is 3.74. The Hall–Kier alpha value is -5.98. The molecule has 0 amide bonds. The van der Waals surface area contributed by atoms with Crippen LogP contribution in [-0.2, 0) is 0 Å². The Bertz CT molecular complexity index is 2790. The maximum atomic E-state index is 2.45. The standard InChI is InChI=1S/C46H28/c1-3-11-33-26-35(18-16-29(33)8-1)38-22-20-32-21-23-41-40(39-15-7-13-31-10-5-6-14-37(31)39)24-25-42-43(28-44(38)45(32)46(41)42)36-19-17-30-9-2-4-12-34(30)27-36/h1-28H. The minimum atomic E-state index is 1.24. The summed E-state index contributed by atoms with van der Waals surface area (Å²) in [5.74, 6) is 0. The first-order valence-electron chi connectivity index (χ1n) is 16.0. The van der Waals surface area contributed by atoms with Crippen molar-refractivity contribution in [3.05, 3.63) is 170 Å². The number of hydrogen-bond donors (Lipinski definition) is 0. The van der Waals surface area contributed by atoms with Crippen molar-refractivity contribution in [2.75, 3.05) is 0 Å². The summed E-state index contributed by atoms with van der Waals surface area (Å²) < 4.78 is 0. The van der Waals surface area contributed by atoms with Crippen LogP contribution in [0, 0.1) is 0 Å². The quantitative estimate of drug-likeness (QED) is 0.182. The highest BCUT2D eigenvalue weighted by Crippen LogP contribution is 2.47. The number of benzene rings is 10. The lowest BCUT2D eigenvalue weighted by Gasteiger charge is -2.20. The Labute approximate surface area is 267 Å². The van der Waals surface area contributed by atoms with Crippen LogP contribution < -0.4 is 0 Å². The van der Waals surface area contributed by atoms with Gasteiger partial charge in [0, 0.05) is 0 Å². The number of rotatable bonds is 3. The second-order valence-electron chi connectivity index (χ2n) is 12.5. The van der Waals surface area contributed by atoms with Crippen molar-refractivity contribution in [2.45, 2.75) is 0 Å². The van der Waals surface area contributed by atoms with E-state index in [0.717, 1.165) is 0 Å². The third-order valence-electron chi connectivity index (χ3n) is 9.98. The summed E-state index contributed by atoms with van der Waals surface area (Å²) in [4.78, 5) is 0. The zero-order valence-corrected chi connectivity index (χ0v) is 25.2. The molecule has 0 radical (unpaired) electrons. The molecule has 0 unspecified atom stereocenters. The van der Waals surface area contributed by atoms with Crippen molar-refractivity contribution in [3.8, 4) is 33.4 Å². The molecule has 0 saturated heterocycles. The van der Waals surface area contributed by atoms with E-state index >= 15 is 0 Å². The van der Waals surface area contributed by atoms with E-state index in [9.17, 15) is 0 Å². The largest absolute Gasteiger partial charge is 0.0616 e.